The minimum Gasteiger partial charge on any atom is -0.338 e. The Morgan fingerprint density at radius 1 is 1.20 bits per heavy atom. The molecule has 0 aromatic rings. The number of carbonyl (C=O) groups excluding carboxylic acids is 3. The third-order valence-corrected chi connectivity index (χ3v) is 5.28. The number of piperidine rings is 1. The summed E-state index contributed by atoms with van der Waals surface area (Å²) in [4.78, 5) is 40.6. The Hall–Kier alpha value is -1.34. The van der Waals surface area contributed by atoms with Gasteiger partial charge in [-0.1, -0.05) is 20.8 Å². The summed E-state index contributed by atoms with van der Waals surface area (Å²) in [5.41, 5.74) is -0.846. The number of amides is 4. The van der Waals surface area contributed by atoms with E-state index in [-0.39, 0.29) is 36.8 Å². The molecular formula is C17H31ClN4O3. The zero-order valence-corrected chi connectivity index (χ0v) is 16.3. The molecule has 0 aliphatic carbocycles. The SMILES string of the molecule is CCCN(C(=O)CN1C(=O)NC(CC)(CC)C1=O)C1CCNCC1.Cl. The van der Waals surface area contributed by atoms with Gasteiger partial charge in [0.1, 0.15) is 12.1 Å². The molecule has 0 atom stereocenters. The molecule has 4 amide bonds. The van der Waals surface area contributed by atoms with E-state index < -0.39 is 11.6 Å². The zero-order chi connectivity index (χ0) is 17.7. The van der Waals surface area contributed by atoms with Crippen LogP contribution in [0.3, 0.4) is 0 Å². The second kappa shape index (κ2) is 9.38. The van der Waals surface area contributed by atoms with Gasteiger partial charge < -0.3 is 15.5 Å². The van der Waals surface area contributed by atoms with Gasteiger partial charge in [-0.2, -0.15) is 0 Å². The van der Waals surface area contributed by atoms with Crippen LogP contribution in [-0.4, -0.2) is 65.4 Å². The highest BCUT2D eigenvalue weighted by Crippen LogP contribution is 2.25. The third-order valence-electron chi connectivity index (χ3n) is 5.28. The van der Waals surface area contributed by atoms with Crippen molar-refractivity contribution >= 4 is 30.3 Å². The number of halogens is 1. The van der Waals surface area contributed by atoms with Crippen LogP contribution in [0.4, 0.5) is 4.79 Å². The van der Waals surface area contributed by atoms with E-state index in [1.807, 2.05) is 25.7 Å². The van der Waals surface area contributed by atoms with E-state index in [1.165, 1.54) is 0 Å². The molecule has 0 unspecified atom stereocenters. The summed E-state index contributed by atoms with van der Waals surface area (Å²) < 4.78 is 0. The first kappa shape index (κ1) is 21.7. The van der Waals surface area contributed by atoms with Crippen LogP contribution in [0.1, 0.15) is 52.9 Å². The van der Waals surface area contributed by atoms with Crippen LogP contribution in [0.5, 0.6) is 0 Å². The van der Waals surface area contributed by atoms with Gasteiger partial charge in [0.2, 0.25) is 5.91 Å². The average molecular weight is 375 g/mol. The van der Waals surface area contributed by atoms with Gasteiger partial charge in [-0.25, -0.2) is 4.79 Å². The first-order chi connectivity index (χ1) is 11.5. The largest absolute Gasteiger partial charge is 0.338 e. The quantitative estimate of drug-likeness (QED) is 0.662. The number of imide groups is 1. The number of nitrogens with one attached hydrogen (secondary N) is 2. The van der Waals surface area contributed by atoms with E-state index in [4.69, 9.17) is 0 Å². The molecule has 0 radical (unpaired) electrons. The molecule has 2 fully saturated rings. The molecule has 2 rings (SSSR count). The first-order valence-electron chi connectivity index (χ1n) is 9.13. The molecule has 2 aliphatic heterocycles. The fraction of sp³-hybridized carbons (Fsp3) is 0.824. The van der Waals surface area contributed by atoms with Crippen molar-refractivity contribution in [3.63, 3.8) is 0 Å². The first-order valence-corrected chi connectivity index (χ1v) is 9.13. The number of hydrogen-bond acceptors (Lipinski definition) is 4. The lowest BCUT2D eigenvalue weighted by Crippen LogP contribution is -2.51. The molecule has 0 saturated carbocycles. The maximum absolute atomic E-state index is 12.8. The summed E-state index contributed by atoms with van der Waals surface area (Å²) in [6, 6.07) is -0.250. The van der Waals surface area contributed by atoms with Crippen LogP contribution >= 0.6 is 12.4 Å². The standard InChI is InChI=1S/C17H30N4O3.ClH/c1-4-11-20(13-7-9-18-10-8-13)14(22)12-21-15(23)17(5-2,6-3)19-16(21)24;/h13,18H,4-12H2,1-3H3,(H,19,24);1H. The van der Waals surface area contributed by atoms with E-state index in [1.54, 1.807) is 0 Å². The van der Waals surface area contributed by atoms with Crippen LogP contribution in [0.2, 0.25) is 0 Å². The predicted molar refractivity (Wildman–Crippen MR) is 98.7 cm³/mol. The van der Waals surface area contributed by atoms with Gasteiger partial charge in [0.05, 0.1) is 0 Å². The molecule has 0 spiro atoms. The second-order valence-corrected chi connectivity index (χ2v) is 6.68. The minimum absolute atomic E-state index is 0. The van der Waals surface area contributed by atoms with Crippen LogP contribution in [0.15, 0.2) is 0 Å². The predicted octanol–water partition coefficient (Wildman–Crippen LogP) is 1.51. The molecule has 25 heavy (non-hydrogen) atoms. The topological polar surface area (TPSA) is 81.8 Å². The summed E-state index contributed by atoms with van der Waals surface area (Å²) in [7, 11) is 0. The van der Waals surface area contributed by atoms with Crippen molar-refractivity contribution in [2.24, 2.45) is 0 Å². The van der Waals surface area contributed by atoms with Crippen molar-refractivity contribution < 1.29 is 14.4 Å². The lowest BCUT2D eigenvalue weighted by atomic mass is 9.93. The maximum Gasteiger partial charge on any atom is 0.325 e. The Balaban J connectivity index is 0.00000312. The fourth-order valence-electron chi connectivity index (χ4n) is 3.65. The molecule has 2 saturated heterocycles. The molecule has 7 nitrogen and oxygen atoms in total. The van der Waals surface area contributed by atoms with Crippen molar-refractivity contribution in [2.45, 2.75) is 64.5 Å². The van der Waals surface area contributed by atoms with E-state index in [0.29, 0.717) is 19.4 Å². The lowest BCUT2D eigenvalue weighted by Gasteiger charge is -2.35. The number of nitrogens with zero attached hydrogens (tertiary/aromatic N) is 2. The van der Waals surface area contributed by atoms with Gasteiger partial charge in [-0.05, 0) is 45.2 Å². The Bertz CT molecular complexity index is 490. The van der Waals surface area contributed by atoms with E-state index in [2.05, 4.69) is 10.6 Å². The highest BCUT2D eigenvalue weighted by molar-refractivity contribution is 6.09. The molecule has 8 heteroatoms. The Labute approximate surface area is 156 Å². The van der Waals surface area contributed by atoms with E-state index in [0.717, 1.165) is 37.3 Å². The van der Waals surface area contributed by atoms with Gasteiger partial charge in [-0.15, -0.1) is 12.4 Å². The van der Waals surface area contributed by atoms with E-state index in [9.17, 15) is 14.4 Å². The molecule has 2 heterocycles. The number of rotatable bonds is 7. The smallest absolute Gasteiger partial charge is 0.325 e. The lowest BCUT2D eigenvalue weighted by molar-refractivity contribution is -0.140. The van der Waals surface area contributed by atoms with Gasteiger partial charge in [0.15, 0.2) is 0 Å². The normalized spacial score (nSPS) is 20.2. The van der Waals surface area contributed by atoms with Crippen molar-refractivity contribution in [2.75, 3.05) is 26.2 Å². The Morgan fingerprint density at radius 2 is 1.80 bits per heavy atom. The Morgan fingerprint density at radius 3 is 2.28 bits per heavy atom. The highest BCUT2D eigenvalue weighted by Gasteiger charge is 2.49. The summed E-state index contributed by atoms with van der Waals surface area (Å²) in [6.45, 7) is 8.10. The number of carbonyl (C=O) groups is 3. The van der Waals surface area contributed by atoms with E-state index >= 15 is 0 Å². The van der Waals surface area contributed by atoms with Gasteiger partial charge in [-0.3, -0.25) is 14.5 Å². The number of hydrogen-bond donors (Lipinski definition) is 2. The van der Waals surface area contributed by atoms with Crippen LogP contribution in [-0.2, 0) is 9.59 Å². The van der Waals surface area contributed by atoms with Crippen LogP contribution < -0.4 is 10.6 Å². The average Bonchev–Trinajstić information content (AvgIpc) is 2.85. The minimum atomic E-state index is -0.846. The third kappa shape index (κ3) is 4.44. The molecular weight excluding hydrogens is 344 g/mol. The Kier molecular flexibility index (Phi) is 8.15. The zero-order valence-electron chi connectivity index (χ0n) is 15.5. The molecule has 2 aliphatic rings. The summed E-state index contributed by atoms with van der Waals surface area (Å²) >= 11 is 0. The fourth-order valence-corrected chi connectivity index (χ4v) is 3.65. The molecule has 0 aromatic heterocycles. The van der Waals surface area contributed by atoms with Crippen molar-refractivity contribution in [3.8, 4) is 0 Å². The highest BCUT2D eigenvalue weighted by atomic mass is 35.5. The van der Waals surface area contributed by atoms with Gasteiger partial charge in [0, 0.05) is 12.6 Å². The van der Waals surface area contributed by atoms with Crippen molar-refractivity contribution in [1.82, 2.24) is 20.4 Å². The molecule has 0 bridgehead atoms. The van der Waals surface area contributed by atoms with Gasteiger partial charge in [0.25, 0.3) is 5.91 Å². The van der Waals surface area contributed by atoms with Crippen molar-refractivity contribution in [1.29, 1.82) is 0 Å². The number of urea groups is 1. The summed E-state index contributed by atoms with van der Waals surface area (Å²) in [5, 5.41) is 6.08. The summed E-state index contributed by atoms with van der Waals surface area (Å²) in [6.07, 6.45) is 3.76. The monoisotopic (exact) mass is 374 g/mol. The molecule has 2 N–H and O–H groups in total. The van der Waals surface area contributed by atoms with Gasteiger partial charge >= 0.3 is 6.03 Å². The van der Waals surface area contributed by atoms with Crippen LogP contribution in [0, 0.1) is 0 Å². The second-order valence-electron chi connectivity index (χ2n) is 6.68. The summed E-state index contributed by atoms with van der Waals surface area (Å²) in [5.74, 6) is -0.400. The van der Waals surface area contributed by atoms with Crippen LogP contribution in [0.25, 0.3) is 0 Å². The molecule has 144 valence electrons. The molecule has 0 aromatic carbocycles. The van der Waals surface area contributed by atoms with Crippen molar-refractivity contribution in [3.05, 3.63) is 0 Å². The maximum atomic E-state index is 12.8.